The SMILES string of the molecule is C/C=C\C(=C/CC)N(CC)C(=O)C12OC(c3ccccc3)OC1c1c(Cl)cccc1N(C)C2=O. The summed E-state index contributed by atoms with van der Waals surface area (Å²) in [6.07, 6.45) is 4.50. The maximum Gasteiger partial charge on any atom is 0.272 e. The van der Waals surface area contributed by atoms with Crippen molar-refractivity contribution in [2.24, 2.45) is 0 Å². The number of ether oxygens (including phenoxy) is 2. The van der Waals surface area contributed by atoms with Crippen molar-refractivity contribution >= 4 is 29.1 Å². The molecule has 3 unspecified atom stereocenters. The molecular weight excluding hydrogens is 452 g/mol. The summed E-state index contributed by atoms with van der Waals surface area (Å²) in [5.41, 5.74) is 0.675. The van der Waals surface area contributed by atoms with Crippen molar-refractivity contribution in [3.8, 4) is 0 Å². The molecule has 2 heterocycles. The molecule has 178 valence electrons. The molecule has 34 heavy (non-hydrogen) atoms. The van der Waals surface area contributed by atoms with E-state index in [2.05, 4.69) is 0 Å². The fourth-order valence-electron chi connectivity index (χ4n) is 4.65. The van der Waals surface area contributed by atoms with Crippen LogP contribution in [-0.4, -0.2) is 35.9 Å². The smallest absolute Gasteiger partial charge is 0.272 e. The maximum absolute atomic E-state index is 14.3. The number of amides is 2. The Labute approximate surface area is 205 Å². The van der Waals surface area contributed by atoms with Gasteiger partial charge in [-0.3, -0.25) is 9.59 Å². The Morgan fingerprint density at radius 2 is 1.91 bits per heavy atom. The Morgan fingerprint density at radius 1 is 1.18 bits per heavy atom. The third-order valence-electron chi connectivity index (χ3n) is 6.21. The largest absolute Gasteiger partial charge is 0.336 e. The van der Waals surface area contributed by atoms with Crippen LogP contribution in [0.5, 0.6) is 0 Å². The van der Waals surface area contributed by atoms with Gasteiger partial charge < -0.3 is 19.3 Å². The van der Waals surface area contributed by atoms with Gasteiger partial charge in [0.25, 0.3) is 17.4 Å². The van der Waals surface area contributed by atoms with E-state index < -0.39 is 29.8 Å². The van der Waals surface area contributed by atoms with Crippen LogP contribution in [0.1, 0.15) is 50.7 Å². The third kappa shape index (κ3) is 3.76. The highest BCUT2D eigenvalue weighted by atomic mass is 35.5. The molecule has 2 aromatic carbocycles. The maximum atomic E-state index is 14.3. The number of rotatable bonds is 6. The van der Waals surface area contributed by atoms with Gasteiger partial charge in [0, 0.05) is 35.4 Å². The van der Waals surface area contributed by atoms with E-state index in [1.807, 2.05) is 69.3 Å². The topological polar surface area (TPSA) is 59.1 Å². The van der Waals surface area contributed by atoms with E-state index >= 15 is 0 Å². The first-order chi connectivity index (χ1) is 16.4. The molecule has 0 aromatic heterocycles. The highest BCUT2D eigenvalue weighted by Crippen LogP contribution is 2.55. The zero-order valence-corrected chi connectivity index (χ0v) is 20.6. The molecule has 3 atom stereocenters. The van der Waals surface area contributed by atoms with Crippen LogP contribution < -0.4 is 4.90 Å². The highest BCUT2D eigenvalue weighted by Gasteiger charge is 2.67. The van der Waals surface area contributed by atoms with Crippen molar-refractivity contribution in [3.63, 3.8) is 0 Å². The standard InChI is InChI=1S/C27H29ClN2O4/c1-5-12-19(13-6-2)30(7-3)26(32)27-23(33-24(34-27)18-14-9-8-10-15-18)22-20(28)16-11-17-21(22)29(4)25(27)31/h5,8-17,23-24H,6-7H2,1-4H3/b12-5-,19-13+. The molecule has 1 fully saturated rings. The first-order valence-electron chi connectivity index (χ1n) is 11.5. The van der Waals surface area contributed by atoms with Crippen molar-refractivity contribution in [3.05, 3.63) is 88.6 Å². The molecule has 0 radical (unpaired) electrons. The van der Waals surface area contributed by atoms with Crippen LogP contribution >= 0.6 is 11.6 Å². The average Bonchev–Trinajstić information content (AvgIpc) is 3.25. The van der Waals surface area contributed by atoms with Crippen molar-refractivity contribution < 1.29 is 19.1 Å². The van der Waals surface area contributed by atoms with E-state index in [9.17, 15) is 9.59 Å². The van der Waals surface area contributed by atoms with Gasteiger partial charge in [-0.25, -0.2) is 0 Å². The number of allylic oxidation sites excluding steroid dienone is 3. The van der Waals surface area contributed by atoms with Gasteiger partial charge in [0.1, 0.15) is 6.10 Å². The summed E-state index contributed by atoms with van der Waals surface area (Å²) in [7, 11) is 1.63. The van der Waals surface area contributed by atoms with Crippen molar-refractivity contribution in [1.82, 2.24) is 4.90 Å². The molecule has 7 heteroatoms. The van der Waals surface area contributed by atoms with Gasteiger partial charge in [-0.15, -0.1) is 0 Å². The number of carbonyl (C=O) groups excluding carboxylic acids is 2. The minimum absolute atomic E-state index is 0.356. The molecule has 2 amide bonds. The fraction of sp³-hybridized carbons (Fsp3) is 0.333. The number of hydrogen-bond acceptors (Lipinski definition) is 4. The van der Waals surface area contributed by atoms with Crippen LogP contribution in [0.3, 0.4) is 0 Å². The summed E-state index contributed by atoms with van der Waals surface area (Å²) in [5.74, 6) is -0.955. The Bertz CT molecular complexity index is 1150. The second kappa shape index (κ2) is 9.74. The molecule has 0 saturated carbocycles. The molecule has 2 aromatic rings. The Morgan fingerprint density at radius 3 is 2.56 bits per heavy atom. The lowest BCUT2D eigenvalue weighted by Gasteiger charge is -2.42. The number of hydrogen-bond donors (Lipinski definition) is 0. The first-order valence-corrected chi connectivity index (χ1v) is 11.9. The number of carbonyl (C=O) groups is 2. The van der Waals surface area contributed by atoms with Crippen LogP contribution in [0.15, 0.2) is 72.5 Å². The molecule has 4 rings (SSSR count). The van der Waals surface area contributed by atoms with Crippen LogP contribution in [-0.2, 0) is 19.1 Å². The van der Waals surface area contributed by atoms with E-state index in [-0.39, 0.29) is 0 Å². The zero-order valence-electron chi connectivity index (χ0n) is 19.8. The number of benzene rings is 2. The summed E-state index contributed by atoms with van der Waals surface area (Å²) in [4.78, 5) is 31.3. The number of nitrogens with zero attached hydrogens (tertiary/aromatic N) is 2. The van der Waals surface area contributed by atoms with E-state index in [1.54, 1.807) is 30.1 Å². The van der Waals surface area contributed by atoms with E-state index in [1.165, 1.54) is 4.90 Å². The molecule has 6 nitrogen and oxygen atoms in total. The van der Waals surface area contributed by atoms with Gasteiger partial charge in [0.2, 0.25) is 0 Å². The minimum Gasteiger partial charge on any atom is -0.336 e. The monoisotopic (exact) mass is 480 g/mol. The summed E-state index contributed by atoms with van der Waals surface area (Å²) in [6.45, 7) is 6.12. The van der Waals surface area contributed by atoms with Gasteiger partial charge >= 0.3 is 0 Å². The predicted molar refractivity (Wildman–Crippen MR) is 132 cm³/mol. The number of anilines is 1. The number of halogens is 1. The third-order valence-corrected chi connectivity index (χ3v) is 6.54. The molecule has 1 saturated heterocycles. The van der Waals surface area contributed by atoms with Crippen LogP contribution in [0, 0.1) is 0 Å². The van der Waals surface area contributed by atoms with E-state index in [4.69, 9.17) is 21.1 Å². The molecule has 0 N–H and O–H groups in total. The molecule has 0 bridgehead atoms. The Kier molecular flexibility index (Phi) is 6.94. The second-order valence-electron chi connectivity index (χ2n) is 8.24. The van der Waals surface area contributed by atoms with Gasteiger partial charge in [0.15, 0.2) is 6.29 Å². The first kappa shape index (κ1) is 24.2. The zero-order chi connectivity index (χ0) is 24.5. The lowest BCUT2D eigenvalue weighted by Crippen LogP contribution is -2.63. The van der Waals surface area contributed by atoms with Gasteiger partial charge in [-0.1, -0.05) is 67.1 Å². The lowest BCUT2D eigenvalue weighted by molar-refractivity contribution is -0.167. The van der Waals surface area contributed by atoms with Gasteiger partial charge in [0.05, 0.1) is 5.69 Å². The van der Waals surface area contributed by atoms with Crippen molar-refractivity contribution in [2.75, 3.05) is 18.5 Å². The Balaban J connectivity index is 1.92. The second-order valence-corrected chi connectivity index (χ2v) is 8.64. The number of likely N-dealkylation sites (N-methyl/N-ethyl adjacent to an activating group) is 2. The summed E-state index contributed by atoms with van der Waals surface area (Å²) < 4.78 is 12.7. The molecule has 0 spiro atoms. The van der Waals surface area contributed by atoms with E-state index in [0.717, 1.165) is 6.42 Å². The normalized spacial score (nSPS) is 24.3. The summed E-state index contributed by atoms with van der Waals surface area (Å²) >= 11 is 6.64. The highest BCUT2D eigenvalue weighted by molar-refractivity contribution is 6.32. The minimum atomic E-state index is -1.92. The van der Waals surface area contributed by atoms with Crippen molar-refractivity contribution in [2.45, 2.75) is 45.2 Å². The average molecular weight is 481 g/mol. The molecule has 2 aliphatic rings. The Hall–Kier alpha value is -2.93. The van der Waals surface area contributed by atoms with Gasteiger partial charge in [-0.2, -0.15) is 0 Å². The summed E-state index contributed by atoms with van der Waals surface area (Å²) in [5, 5.41) is 0.414. The van der Waals surface area contributed by atoms with Crippen LogP contribution in [0.4, 0.5) is 5.69 Å². The van der Waals surface area contributed by atoms with Crippen LogP contribution in [0.25, 0.3) is 0 Å². The molecule has 0 aliphatic carbocycles. The quantitative estimate of drug-likeness (QED) is 0.401. The fourth-order valence-corrected chi connectivity index (χ4v) is 4.92. The van der Waals surface area contributed by atoms with Crippen LogP contribution in [0.2, 0.25) is 5.02 Å². The lowest BCUT2D eigenvalue weighted by atomic mass is 9.83. The van der Waals surface area contributed by atoms with E-state index in [0.29, 0.717) is 34.1 Å². The van der Waals surface area contributed by atoms with Crippen molar-refractivity contribution in [1.29, 1.82) is 0 Å². The molecule has 2 aliphatic heterocycles. The predicted octanol–water partition coefficient (Wildman–Crippen LogP) is 5.56. The van der Waals surface area contributed by atoms with Gasteiger partial charge in [-0.05, 0) is 38.5 Å². The number of fused-ring (bicyclic) bond motifs is 3. The summed E-state index contributed by atoms with van der Waals surface area (Å²) in [6, 6.07) is 14.6. The molecular formula is C27H29ClN2O4.